The molecule has 1 aliphatic rings. The van der Waals surface area contributed by atoms with Crippen LogP contribution in [0.25, 0.3) is 0 Å². The number of carbonyl (C=O) groups is 1. The fraction of sp³-hybridized carbons (Fsp3) is 0.429. The molecule has 3 rings (SSSR count). The number of aryl methyl sites for hydroxylation is 1. The summed E-state index contributed by atoms with van der Waals surface area (Å²) >= 11 is 1.42. The summed E-state index contributed by atoms with van der Waals surface area (Å²) in [7, 11) is 0. The van der Waals surface area contributed by atoms with Crippen LogP contribution < -0.4 is 10.1 Å². The highest BCUT2D eigenvalue weighted by Gasteiger charge is 2.16. The average Bonchev–Trinajstić information content (AvgIpc) is 2.94. The normalized spacial score (nSPS) is 14.7. The van der Waals surface area contributed by atoms with E-state index >= 15 is 0 Å². The van der Waals surface area contributed by atoms with Gasteiger partial charge in [-0.1, -0.05) is 31.4 Å². The van der Waals surface area contributed by atoms with E-state index in [2.05, 4.69) is 23.5 Å². The summed E-state index contributed by atoms with van der Waals surface area (Å²) in [6.07, 6.45) is 6.52. The number of hydrogen-bond acceptors (Lipinski definition) is 4. The largest absolute Gasteiger partial charge is 0.484 e. The first-order chi connectivity index (χ1) is 12.6. The molecule has 0 saturated heterocycles. The summed E-state index contributed by atoms with van der Waals surface area (Å²) in [5.41, 5.74) is 2.83. The topological polar surface area (TPSA) is 62.1 Å². The molecule has 0 spiro atoms. The van der Waals surface area contributed by atoms with Crippen LogP contribution in [-0.2, 0) is 4.79 Å². The number of hydrogen-bond donors (Lipinski definition) is 1. The van der Waals surface area contributed by atoms with Crippen LogP contribution in [0.4, 0.5) is 5.00 Å². The molecule has 2 aromatic rings. The van der Waals surface area contributed by atoms with Crippen molar-refractivity contribution in [1.82, 2.24) is 0 Å². The summed E-state index contributed by atoms with van der Waals surface area (Å²) in [4.78, 5) is 13.2. The van der Waals surface area contributed by atoms with E-state index in [1.807, 2.05) is 26.0 Å². The van der Waals surface area contributed by atoms with E-state index in [1.165, 1.54) is 49.0 Å². The zero-order valence-corrected chi connectivity index (χ0v) is 16.1. The Bertz CT molecular complexity index is 812. The molecular formula is C21H24N2O2S. The minimum absolute atomic E-state index is 0.0658. The summed E-state index contributed by atoms with van der Waals surface area (Å²) in [5.74, 6) is 1.11. The first kappa shape index (κ1) is 18.5. The Morgan fingerprint density at radius 1 is 1.23 bits per heavy atom. The van der Waals surface area contributed by atoms with E-state index in [9.17, 15) is 10.1 Å². The lowest BCUT2D eigenvalue weighted by molar-refractivity contribution is -0.118. The monoisotopic (exact) mass is 368 g/mol. The van der Waals surface area contributed by atoms with Crippen molar-refractivity contribution >= 4 is 22.2 Å². The fourth-order valence-corrected chi connectivity index (χ4v) is 4.46. The third-order valence-corrected chi connectivity index (χ3v) is 6.20. The summed E-state index contributed by atoms with van der Waals surface area (Å²) < 4.78 is 5.60. The number of ether oxygens (including phenoxy) is 1. The lowest BCUT2D eigenvalue weighted by atomic mass is 9.84. The first-order valence-corrected chi connectivity index (χ1v) is 9.93. The Morgan fingerprint density at radius 3 is 2.58 bits per heavy atom. The van der Waals surface area contributed by atoms with Crippen molar-refractivity contribution in [3.8, 4) is 11.8 Å². The highest BCUT2D eigenvalue weighted by atomic mass is 32.1. The number of rotatable bonds is 5. The summed E-state index contributed by atoms with van der Waals surface area (Å²) in [6, 6.07) is 10.3. The van der Waals surface area contributed by atoms with E-state index in [-0.39, 0.29) is 12.5 Å². The van der Waals surface area contributed by atoms with E-state index < -0.39 is 0 Å². The molecule has 1 N–H and O–H groups in total. The molecular weight excluding hydrogens is 344 g/mol. The molecule has 0 unspecified atom stereocenters. The van der Waals surface area contributed by atoms with Crippen LogP contribution in [0.15, 0.2) is 24.3 Å². The predicted octanol–water partition coefficient (Wildman–Crippen LogP) is 5.30. The second-order valence-corrected chi connectivity index (χ2v) is 8.06. The number of carbonyl (C=O) groups excluding carboxylic acids is 1. The van der Waals surface area contributed by atoms with Crippen LogP contribution in [0, 0.1) is 25.2 Å². The summed E-state index contributed by atoms with van der Waals surface area (Å²) in [6.45, 7) is 3.77. The number of nitriles is 1. The number of thiophene rings is 1. The zero-order chi connectivity index (χ0) is 18.5. The molecule has 136 valence electrons. The van der Waals surface area contributed by atoms with Gasteiger partial charge in [-0.15, -0.1) is 11.3 Å². The number of anilines is 1. The van der Waals surface area contributed by atoms with Gasteiger partial charge in [0.2, 0.25) is 0 Å². The molecule has 1 aromatic carbocycles. The maximum atomic E-state index is 12.1. The average molecular weight is 369 g/mol. The number of nitrogens with zero attached hydrogens (tertiary/aromatic N) is 1. The third-order valence-electron chi connectivity index (χ3n) is 5.08. The van der Waals surface area contributed by atoms with E-state index in [0.717, 1.165) is 10.4 Å². The number of amides is 1. The van der Waals surface area contributed by atoms with E-state index in [1.54, 1.807) is 0 Å². The molecule has 0 atom stereocenters. The van der Waals surface area contributed by atoms with Crippen LogP contribution in [0.3, 0.4) is 0 Å². The molecule has 1 heterocycles. The van der Waals surface area contributed by atoms with Crippen molar-refractivity contribution in [2.24, 2.45) is 0 Å². The van der Waals surface area contributed by atoms with Gasteiger partial charge in [0.1, 0.15) is 16.8 Å². The molecule has 1 fully saturated rings. The minimum atomic E-state index is -0.251. The van der Waals surface area contributed by atoms with Gasteiger partial charge in [-0.25, -0.2) is 0 Å². The lowest BCUT2D eigenvalue weighted by Gasteiger charge is -2.22. The third kappa shape index (κ3) is 4.25. The Hall–Kier alpha value is -2.32. The van der Waals surface area contributed by atoms with Crippen LogP contribution in [0.2, 0.25) is 0 Å². The SMILES string of the molecule is Cc1sc(NC(=O)COc2ccc(C3CCCCC3)cc2)c(C#N)c1C. The van der Waals surface area contributed by atoms with Crippen LogP contribution in [0.5, 0.6) is 5.75 Å². The molecule has 4 nitrogen and oxygen atoms in total. The van der Waals surface area contributed by atoms with Crippen molar-refractivity contribution in [3.05, 3.63) is 45.8 Å². The highest BCUT2D eigenvalue weighted by Crippen LogP contribution is 2.33. The van der Waals surface area contributed by atoms with Crippen molar-refractivity contribution in [2.75, 3.05) is 11.9 Å². The first-order valence-electron chi connectivity index (χ1n) is 9.11. The van der Waals surface area contributed by atoms with Gasteiger partial charge in [0.05, 0.1) is 5.56 Å². The lowest BCUT2D eigenvalue weighted by Crippen LogP contribution is -2.20. The number of benzene rings is 1. The van der Waals surface area contributed by atoms with Gasteiger partial charge in [-0.3, -0.25) is 4.79 Å². The number of nitrogens with one attached hydrogen (secondary N) is 1. The molecule has 1 aromatic heterocycles. The van der Waals surface area contributed by atoms with Gasteiger partial charge in [0, 0.05) is 4.88 Å². The molecule has 1 saturated carbocycles. The standard InChI is InChI=1S/C21H24N2O2S/c1-14-15(2)26-21(19(14)12-22)23-20(24)13-25-18-10-8-17(9-11-18)16-6-4-3-5-7-16/h8-11,16H,3-7,13H2,1-2H3,(H,23,24). The molecule has 0 bridgehead atoms. The molecule has 26 heavy (non-hydrogen) atoms. The van der Waals surface area contributed by atoms with Crippen LogP contribution in [0.1, 0.15) is 59.6 Å². The van der Waals surface area contributed by atoms with Crippen LogP contribution >= 0.6 is 11.3 Å². The molecule has 0 aliphatic heterocycles. The Kier molecular flexibility index (Phi) is 5.95. The van der Waals surface area contributed by atoms with Crippen molar-refractivity contribution in [2.45, 2.75) is 51.9 Å². The Morgan fingerprint density at radius 2 is 1.92 bits per heavy atom. The second kappa shape index (κ2) is 8.37. The van der Waals surface area contributed by atoms with Crippen molar-refractivity contribution in [3.63, 3.8) is 0 Å². The van der Waals surface area contributed by atoms with E-state index in [4.69, 9.17) is 4.74 Å². The predicted molar refractivity (Wildman–Crippen MR) is 105 cm³/mol. The Balaban J connectivity index is 1.54. The van der Waals surface area contributed by atoms with Crippen molar-refractivity contribution in [1.29, 1.82) is 5.26 Å². The van der Waals surface area contributed by atoms with Gasteiger partial charge >= 0.3 is 0 Å². The van der Waals surface area contributed by atoms with E-state index in [0.29, 0.717) is 22.2 Å². The van der Waals surface area contributed by atoms with Crippen LogP contribution in [-0.4, -0.2) is 12.5 Å². The maximum Gasteiger partial charge on any atom is 0.262 e. The fourth-order valence-electron chi connectivity index (χ4n) is 3.43. The van der Waals surface area contributed by atoms with Gasteiger partial charge in [-0.2, -0.15) is 5.26 Å². The molecule has 1 amide bonds. The smallest absolute Gasteiger partial charge is 0.262 e. The maximum absolute atomic E-state index is 12.1. The van der Waals surface area contributed by atoms with Crippen molar-refractivity contribution < 1.29 is 9.53 Å². The molecule has 1 aliphatic carbocycles. The highest BCUT2D eigenvalue weighted by molar-refractivity contribution is 7.16. The zero-order valence-electron chi connectivity index (χ0n) is 15.3. The quantitative estimate of drug-likeness (QED) is 0.779. The van der Waals surface area contributed by atoms with Gasteiger partial charge < -0.3 is 10.1 Å². The van der Waals surface area contributed by atoms with Gasteiger partial charge in [0.15, 0.2) is 6.61 Å². The molecule has 0 radical (unpaired) electrons. The molecule has 5 heteroatoms. The summed E-state index contributed by atoms with van der Waals surface area (Å²) in [5, 5.41) is 12.6. The second-order valence-electron chi connectivity index (χ2n) is 6.84. The minimum Gasteiger partial charge on any atom is -0.484 e. The van der Waals surface area contributed by atoms with Gasteiger partial charge in [-0.05, 0) is 55.9 Å². The Labute approximate surface area is 158 Å². The van der Waals surface area contributed by atoms with Gasteiger partial charge in [0.25, 0.3) is 5.91 Å².